The first-order valence-corrected chi connectivity index (χ1v) is 5.24. The number of nitrogens with zero attached hydrogens (tertiary/aromatic N) is 3. The van der Waals surface area contributed by atoms with E-state index in [0.29, 0.717) is 12.5 Å². The zero-order valence-corrected chi connectivity index (χ0v) is 9.14. The number of rotatable bonds is 3. The van der Waals surface area contributed by atoms with Crippen LogP contribution in [0.5, 0.6) is 0 Å². The van der Waals surface area contributed by atoms with Crippen LogP contribution in [0.2, 0.25) is 0 Å². The second-order valence-corrected chi connectivity index (χ2v) is 3.91. The molecule has 4 nitrogen and oxygen atoms in total. The molecule has 0 bridgehead atoms. The van der Waals surface area contributed by atoms with Crippen molar-refractivity contribution in [3.05, 3.63) is 29.7 Å². The Bertz CT molecular complexity index is 461. The lowest BCUT2D eigenvalue weighted by atomic mass is 10.1. The van der Waals surface area contributed by atoms with Gasteiger partial charge in [-0.1, -0.05) is 13.0 Å². The first-order valence-electron chi connectivity index (χ1n) is 5.24. The summed E-state index contributed by atoms with van der Waals surface area (Å²) >= 11 is 0. The number of pyridine rings is 1. The summed E-state index contributed by atoms with van der Waals surface area (Å²) in [4.78, 5) is 4.53. The topological polar surface area (TPSA) is 56.2 Å². The van der Waals surface area contributed by atoms with Gasteiger partial charge in [0.2, 0.25) is 0 Å². The van der Waals surface area contributed by atoms with Gasteiger partial charge in [-0.2, -0.15) is 5.10 Å². The predicted octanol–water partition coefficient (Wildman–Crippen LogP) is 1.49. The molecule has 2 aromatic rings. The number of aryl methyl sites for hydroxylation is 1. The fourth-order valence-electron chi connectivity index (χ4n) is 1.64. The van der Waals surface area contributed by atoms with E-state index in [1.165, 1.54) is 0 Å². The van der Waals surface area contributed by atoms with Crippen molar-refractivity contribution in [2.75, 3.05) is 6.54 Å². The largest absolute Gasteiger partial charge is 0.330 e. The van der Waals surface area contributed by atoms with Crippen LogP contribution in [-0.4, -0.2) is 21.1 Å². The van der Waals surface area contributed by atoms with Crippen LogP contribution in [0.15, 0.2) is 18.3 Å². The summed E-state index contributed by atoms with van der Waals surface area (Å²) < 4.78 is 1.83. The van der Waals surface area contributed by atoms with Crippen LogP contribution in [0.3, 0.4) is 0 Å². The normalized spacial score (nSPS) is 13.3. The number of hydrogen-bond acceptors (Lipinski definition) is 3. The second kappa shape index (κ2) is 3.98. The molecule has 0 fully saturated rings. The van der Waals surface area contributed by atoms with Gasteiger partial charge in [-0.15, -0.1) is 0 Å². The molecule has 1 atom stereocenters. The van der Waals surface area contributed by atoms with E-state index in [0.717, 1.165) is 23.5 Å². The molecule has 0 saturated carbocycles. The summed E-state index contributed by atoms with van der Waals surface area (Å²) in [5.74, 6) is 1.21. The van der Waals surface area contributed by atoms with E-state index in [9.17, 15) is 0 Å². The number of hydrogen-bond donors (Lipinski definition) is 1. The van der Waals surface area contributed by atoms with Gasteiger partial charge in [-0.3, -0.25) is 0 Å². The van der Waals surface area contributed by atoms with E-state index in [2.05, 4.69) is 17.0 Å². The molecule has 2 heterocycles. The van der Waals surface area contributed by atoms with Crippen molar-refractivity contribution >= 4 is 5.65 Å². The van der Waals surface area contributed by atoms with E-state index in [-0.39, 0.29) is 0 Å². The minimum Gasteiger partial charge on any atom is -0.330 e. The molecule has 0 saturated heterocycles. The summed E-state index contributed by atoms with van der Waals surface area (Å²) in [5.41, 5.74) is 7.62. The van der Waals surface area contributed by atoms with Gasteiger partial charge in [0.15, 0.2) is 11.5 Å². The van der Waals surface area contributed by atoms with Crippen LogP contribution in [-0.2, 0) is 0 Å². The summed E-state index contributed by atoms with van der Waals surface area (Å²) in [5, 5.41) is 4.44. The van der Waals surface area contributed by atoms with Gasteiger partial charge in [-0.25, -0.2) is 9.50 Å². The van der Waals surface area contributed by atoms with Gasteiger partial charge in [0, 0.05) is 12.1 Å². The maximum Gasteiger partial charge on any atom is 0.158 e. The first kappa shape index (κ1) is 10.1. The highest BCUT2D eigenvalue weighted by Gasteiger charge is 2.11. The van der Waals surface area contributed by atoms with E-state index in [1.807, 2.05) is 29.8 Å². The third kappa shape index (κ3) is 1.85. The van der Waals surface area contributed by atoms with Crippen LogP contribution in [0, 0.1) is 6.92 Å². The molecule has 0 radical (unpaired) electrons. The monoisotopic (exact) mass is 204 g/mol. The predicted molar refractivity (Wildman–Crippen MR) is 59.8 cm³/mol. The molecule has 0 aliphatic heterocycles. The van der Waals surface area contributed by atoms with Crippen LogP contribution in [0.1, 0.15) is 30.7 Å². The van der Waals surface area contributed by atoms with Crippen molar-refractivity contribution in [3.8, 4) is 0 Å². The Balaban J connectivity index is 2.43. The van der Waals surface area contributed by atoms with Crippen molar-refractivity contribution in [3.63, 3.8) is 0 Å². The summed E-state index contributed by atoms with van der Waals surface area (Å²) in [6.07, 6.45) is 2.85. The van der Waals surface area contributed by atoms with Gasteiger partial charge < -0.3 is 5.73 Å². The third-order valence-electron chi connectivity index (χ3n) is 2.61. The van der Waals surface area contributed by atoms with Crippen molar-refractivity contribution in [1.29, 1.82) is 0 Å². The lowest BCUT2D eigenvalue weighted by molar-refractivity contribution is 0.646. The molecule has 0 aromatic carbocycles. The van der Waals surface area contributed by atoms with Crippen molar-refractivity contribution in [2.45, 2.75) is 26.2 Å². The van der Waals surface area contributed by atoms with Crippen LogP contribution >= 0.6 is 0 Å². The lowest BCUT2D eigenvalue weighted by Crippen LogP contribution is -2.05. The summed E-state index contributed by atoms with van der Waals surface area (Å²) in [6, 6.07) is 4.02. The molecular formula is C11H16N4. The van der Waals surface area contributed by atoms with Gasteiger partial charge in [0.25, 0.3) is 0 Å². The summed E-state index contributed by atoms with van der Waals surface area (Å²) in [7, 11) is 0. The number of aromatic nitrogens is 3. The molecule has 4 heteroatoms. The van der Waals surface area contributed by atoms with Crippen molar-refractivity contribution in [2.24, 2.45) is 5.73 Å². The Morgan fingerprint density at radius 1 is 1.53 bits per heavy atom. The van der Waals surface area contributed by atoms with Gasteiger partial charge in [-0.05, 0) is 31.5 Å². The Kier molecular flexibility index (Phi) is 2.68. The molecule has 2 rings (SSSR count). The molecular weight excluding hydrogens is 188 g/mol. The average molecular weight is 204 g/mol. The molecule has 15 heavy (non-hydrogen) atoms. The maximum atomic E-state index is 5.53. The van der Waals surface area contributed by atoms with Crippen molar-refractivity contribution < 1.29 is 0 Å². The van der Waals surface area contributed by atoms with E-state index < -0.39 is 0 Å². The SMILES string of the molecule is Cc1cccn2nc(C(C)CCN)nc12. The van der Waals surface area contributed by atoms with Crippen molar-refractivity contribution in [1.82, 2.24) is 14.6 Å². The van der Waals surface area contributed by atoms with Gasteiger partial charge >= 0.3 is 0 Å². The smallest absolute Gasteiger partial charge is 0.158 e. The molecule has 2 N–H and O–H groups in total. The Hall–Kier alpha value is -1.42. The zero-order chi connectivity index (χ0) is 10.8. The molecule has 0 spiro atoms. The first-order chi connectivity index (χ1) is 7.22. The molecule has 0 amide bonds. The molecule has 0 aliphatic carbocycles. The highest BCUT2D eigenvalue weighted by Crippen LogP contribution is 2.16. The highest BCUT2D eigenvalue weighted by molar-refractivity contribution is 5.45. The average Bonchev–Trinajstić information content (AvgIpc) is 2.63. The van der Waals surface area contributed by atoms with E-state index in [4.69, 9.17) is 5.73 Å². The zero-order valence-electron chi connectivity index (χ0n) is 9.14. The Morgan fingerprint density at radius 2 is 2.33 bits per heavy atom. The fraction of sp³-hybridized carbons (Fsp3) is 0.455. The Morgan fingerprint density at radius 3 is 3.00 bits per heavy atom. The quantitative estimate of drug-likeness (QED) is 0.824. The third-order valence-corrected chi connectivity index (χ3v) is 2.61. The van der Waals surface area contributed by atoms with E-state index >= 15 is 0 Å². The fourth-order valence-corrected chi connectivity index (χ4v) is 1.64. The van der Waals surface area contributed by atoms with E-state index in [1.54, 1.807) is 0 Å². The summed E-state index contributed by atoms with van der Waals surface area (Å²) in [6.45, 7) is 4.83. The van der Waals surface area contributed by atoms with Gasteiger partial charge in [0.1, 0.15) is 0 Å². The molecule has 80 valence electrons. The maximum absolute atomic E-state index is 5.53. The van der Waals surface area contributed by atoms with Crippen LogP contribution in [0.25, 0.3) is 5.65 Å². The highest BCUT2D eigenvalue weighted by atomic mass is 15.3. The Labute approximate surface area is 89.1 Å². The van der Waals surface area contributed by atoms with Gasteiger partial charge in [0.05, 0.1) is 0 Å². The number of fused-ring (bicyclic) bond motifs is 1. The standard InChI is InChI=1S/C11H16N4/c1-8(5-6-12)10-13-11-9(2)4-3-7-15(11)14-10/h3-4,7-8H,5-6,12H2,1-2H3. The minimum absolute atomic E-state index is 0.328. The minimum atomic E-state index is 0.328. The lowest BCUT2D eigenvalue weighted by Gasteiger charge is -2.02. The number of nitrogens with two attached hydrogens (primary N) is 1. The molecule has 2 aromatic heterocycles. The van der Waals surface area contributed by atoms with Crippen LogP contribution in [0.4, 0.5) is 0 Å². The van der Waals surface area contributed by atoms with Crippen LogP contribution < -0.4 is 5.73 Å². The molecule has 0 aliphatic rings. The molecule has 1 unspecified atom stereocenters. The second-order valence-electron chi connectivity index (χ2n) is 3.91.